The molecule has 1 aromatic rings. The summed E-state index contributed by atoms with van der Waals surface area (Å²) in [6.45, 7) is 8.26. The Hall–Kier alpha value is -0.420. The zero-order valence-corrected chi connectivity index (χ0v) is 13.5. The lowest BCUT2D eigenvalue weighted by Crippen LogP contribution is -2.61. The van der Waals surface area contributed by atoms with Gasteiger partial charge in [0, 0.05) is 36.7 Å². The Kier molecular flexibility index (Phi) is 3.93. The van der Waals surface area contributed by atoms with Crippen molar-refractivity contribution in [1.82, 2.24) is 4.90 Å². The number of hydrogen-bond donors (Lipinski definition) is 1. The fourth-order valence-corrected chi connectivity index (χ4v) is 4.67. The predicted octanol–water partition coefficient (Wildman–Crippen LogP) is 2.78. The van der Waals surface area contributed by atoms with E-state index in [0.29, 0.717) is 0 Å². The van der Waals surface area contributed by atoms with Crippen LogP contribution in [-0.2, 0) is 17.7 Å². The van der Waals surface area contributed by atoms with Crippen LogP contribution < -0.4 is 5.73 Å². The molecule has 0 aliphatic carbocycles. The molecule has 1 aromatic heterocycles. The summed E-state index contributed by atoms with van der Waals surface area (Å²) in [5, 5.41) is 2.23. The van der Waals surface area contributed by atoms with E-state index in [1.807, 2.05) is 11.3 Å². The molecule has 2 N–H and O–H groups in total. The summed E-state index contributed by atoms with van der Waals surface area (Å²) < 4.78 is 6.04. The molecule has 0 bridgehead atoms. The lowest BCUT2D eigenvalue weighted by molar-refractivity contribution is -0.131. The molecule has 2 unspecified atom stereocenters. The number of hydrogen-bond acceptors (Lipinski definition) is 4. The van der Waals surface area contributed by atoms with Crippen LogP contribution in [0.5, 0.6) is 0 Å². The summed E-state index contributed by atoms with van der Waals surface area (Å²) in [6.07, 6.45) is 4.37. The van der Waals surface area contributed by atoms with Gasteiger partial charge in [0.1, 0.15) is 0 Å². The van der Waals surface area contributed by atoms with E-state index in [2.05, 4.69) is 30.2 Å². The first-order chi connectivity index (χ1) is 9.61. The molecule has 2 aliphatic rings. The van der Waals surface area contributed by atoms with E-state index in [1.165, 1.54) is 12.0 Å². The smallest absolute Gasteiger partial charge is 0.0670 e. The molecule has 0 amide bonds. The van der Waals surface area contributed by atoms with Gasteiger partial charge in [-0.3, -0.25) is 4.90 Å². The van der Waals surface area contributed by atoms with Crippen molar-refractivity contribution < 1.29 is 4.74 Å². The molecule has 3 heterocycles. The molecule has 0 radical (unpaired) electrons. The van der Waals surface area contributed by atoms with Crippen LogP contribution in [0.3, 0.4) is 0 Å². The lowest BCUT2D eigenvalue weighted by Gasteiger charge is -2.52. The quantitative estimate of drug-likeness (QED) is 0.931. The Morgan fingerprint density at radius 2 is 2.35 bits per heavy atom. The molecule has 112 valence electrons. The van der Waals surface area contributed by atoms with E-state index in [-0.39, 0.29) is 11.1 Å². The Bertz CT molecular complexity index is 475. The van der Waals surface area contributed by atoms with Gasteiger partial charge in [-0.2, -0.15) is 0 Å². The molecule has 0 aromatic carbocycles. The Balaban J connectivity index is 1.83. The van der Waals surface area contributed by atoms with Crippen molar-refractivity contribution in [3.63, 3.8) is 0 Å². The van der Waals surface area contributed by atoms with Crippen LogP contribution in [-0.4, -0.2) is 35.7 Å². The van der Waals surface area contributed by atoms with Crippen molar-refractivity contribution in [2.75, 3.05) is 19.7 Å². The molecule has 3 rings (SSSR count). The number of ether oxygens (including phenoxy) is 1. The van der Waals surface area contributed by atoms with Gasteiger partial charge >= 0.3 is 0 Å². The first-order valence-corrected chi connectivity index (χ1v) is 8.63. The maximum absolute atomic E-state index is 6.25. The van der Waals surface area contributed by atoms with Gasteiger partial charge < -0.3 is 10.5 Å². The average molecular weight is 294 g/mol. The van der Waals surface area contributed by atoms with Gasteiger partial charge in [0.15, 0.2) is 0 Å². The summed E-state index contributed by atoms with van der Waals surface area (Å²) in [5.41, 5.74) is 7.88. The third-order valence-electron chi connectivity index (χ3n) is 5.33. The van der Waals surface area contributed by atoms with Crippen molar-refractivity contribution in [1.29, 1.82) is 0 Å². The fourth-order valence-electron chi connectivity index (χ4n) is 3.78. The second-order valence-corrected chi connectivity index (χ2v) is 7.55. The van der Waals surface area contributed by atoms with Gasteiger partial charge in [-0.15, -0.1) is 11.3 Å². The van der Waals surface area contributed by atoms with Gasteiger partial charge in [-0.1, -0.05) is 6.92 Å². The van der Waals surface area contributed by atoms with E-state index in [0.717, 1.165) is 45.5 Å². The predicted molar refractivity (Wildman–Crippen MR) is 84.1 cm³/mol. The molecule has 4 heteroatoms. The van der Waals surface area contributed by atoms with E-state index in [9.17, 15) is 0 Å². The van der Waals surface area contributed by atoms with Gasteiger partial charge in [-0.05, 0) is 49.6 Å². The Morgan fingerprint density at radius 1 is 1.50 bits per heavy atom. The van der Waals surface area contributed by atoms with Crippen molar-refractivity contribution in [3.05, 3.63) is 21.9 Å². The highest BCUT2D eigenvalue weighted by atomic mass is 32.1. The van der Waals surface area contributed by atoms with Crippen molar-refractivity contribution >= 4 is 11.3 Å². The SMILES string of the molecule is CCC1(C)CC(CN)(N2CCc3sccc3C2)CCO1. The monoisotopic (exact) mass is 294 g/mol. The van der Waals surface area contributed by atoms with Gasteiger partial charge in [0.05, 0.1) is 5.60 Å². The van der Waals surface area contributed by atoms with E-state index >= 15 is 0 Å². The maximum atomic E-state index is 6.25. The van der Waals surface area contributed by atoms with Crippen LogP contribution in [0, 0.1) is 0 Å². The Morgan fingerprint density at radius 3 is 3.10 bits per heavy atom. The highest BCUT2D eigenvalue weighted by Crippen LogP contribution is 2.40. The van der Waals surface area contributed by atoms with Gasteiger partial charge in [0.25, 0.3) is 0 Å². The standard InChI is InChI=1S/C16H26N2OS/c1-3-15(2)11-16(12-17,6-8-19-15)18-7-4-14-13(10-18)5-9-20-14/h5,9H,3-4,6-8,10-12,17H2,1-2H3. The molecular formula is C16H26N2OS. The Labute approximate surface area is 126 Å². The number of thiophene rings is 1. The second-order valence-electron chi connectivity index (χ2n) is 6.55. The van der Waals surface area contributed by atoms with Crippen LogP contribution in [0.4, 0.5) is 0 Å². The zero-order valence-electron chi connectivity index (χ0n) is 12.7. The molecular weight excluding hydrogens is 268 g/mol. The summed E-state index contributed by atoms with van der Waals surface area (Å²) in [5.74, 6) is 0. The molecule has 0 saturated carbocycles. The number of rotatable bonds is 3. The maximum Gasteiger partial charge on any atom is 0.0670 e. The average Bonchev–Trinajstić information content (AvgIpc) is 2.94. The molecule has 0 spiro atoms. The largest absolute Gasteiger partial charge is 0.375 e. The summed E-state index contributed by atoms with van der Waals surface area (Å²) in [7, 11) is 0. The van der Waals surface area contributed by atoms with Crippen LogP contribution in [0.2, 0.25) is 0 Å². The van der Waals surface area contributed by atoms with Gasteiger partial charge in [0.2, 0.25) is 0 Å². The van der Waals surface area contributed by atoms with Crippen LogP contribution in [0.15, 0.2) is 11.4 Å². The van der Waals surface area contributed by atoms with Gasteiger partial charge in [-0.25, -0.2) is 0 Å². The highest BCUT2D eigenvalue weighted by molar-refractivity contribution is 7.10. The first kappa shape index (κ1) is 14.5. The van der Waals surface area contributed by atoms with Crippen molar-refractivity contribution in [2.24, 2.45) is 5.73 Å². The summed E-state index contributed by atoms with van der Waals surface area (Å²) in [6, 6.07) is 2.29. The van der Waals surface area contributed by atoms with E-state index < -0.39 is 0 Å². The minimum atomic E-state index is -0.00740. The van der Waals surface area contributed by atoms with E-state index in [4.69, 9.17) is 10.5 Å². The minimum Gasteiger partial charge on any atom is -0.375 e. The molecule has 2 atom stereocenters. The van der Waals surface area contributed by atoms with Crippen LogP contribution in [0.25, 0.3) is 0 Å². The number of nitrogens with two attached hydrogens (primary N) is 1. The topological polar surface area (TPSA) is 38.5 Å². The number of nitrogens with zero attached hydrogens (tertiary/aromatic N) is 1. The minimum absolute atomic E-state index is 0.00740. The molecule has 1 saturated heterocycles. The molecule has 20 heavy (non-hydrogen) atoms. The molecule has 1 fully saturated rings. The fraction of sp³-hybridized carbons (Fsp3) is 0.750. The molecule has 2 aliphatic heterocycles. The molecule has 3 nitrogen and oxygen atoms in total. The number of fused-ring (bicyclic) bond motifs is 1. The van der Waals surface area contributed by atoms with E-state index in [1.54, 1.807) is 4.88 Å². The lowest BCUT2D eigenvalue weighted by atomic mass is 9.77. The van der Waals surface area contributed by atoms with Crippen LogP contribution in [0.1, 0.15) is 43.6 Å². The third kappa shape index (κ3) is 2.43. The first-order valence-electron chi connectivity index (χ1n) is 7.75. The normalized spacial score (nSPS) is 35.0. The van der Waals surface area contributed by atoms with Crippen molar-refractivity contribution in [2.45, 2.75) is 57.2 Å². The zero-order chi connectivity index (χ0) is 14.2. The second kappa shape index (κ2) is 5.41. The van der Waals surface area contributed by atoms with Crippen molar-refractivity contribution in [3.8, 4) is 0 Å². The third-order valence-corrected chi connectivity index (χ3v) is 6.35. The highest BCUT2D eigenvalue weighted by Gasteiger charge is 2.45. The summed E-state index contributed by atoms with van der Waals surface area (Å²) in [4.78, 5) is 4.21. The van der Waals surface area contributed by atoms with Crippen LogP contribution >= 0.6 is 11.3 Å². The summed E-state index contributed by atoms with van der Waals surface area (Å²) >= 11 is 1.90.